The Labute approximate surface area is 137 Å². The maximum absolute atomic E-state index is 4.66. The van der Waals surface area contributed by atoms with Gasteiger partial charge in [0.25, 0.3) is 0 Å². The third-order valence-corrected chi connectivity index (χ3v) is 3.48. The molecular weight excluding hydrogens is 288 g/mol. The van der Waals surface area contributed by atoms with E-state index in [-0.39, 0.29) is 0 Å². The molecule has 0 aliphatic carbocycles. The highest BCUT2D eigenvalue weighted by Crippen LogP contribution is 2.04. The van der Waals surface area contributed by atoms with Crippen LogP contribution in [-0.4, -0.2) is 34.2 Å². The molecule has 0 atom stereocenters. The number of guanidine groups is 1. The molecule has 0 spiro atoms. The number of unbranched alkanes of at least 4 members (excludes halogenated alkanes) is 1. The van der Waals surface area contributed by atoms with Crippen molar-refractivity contribution >= 4 is 5.96 Å². The maximum Gasteiger partial charge on any atom is 0.191 e. The van der Waals surface area contributed by atoms with Crippen LogP contribution in [0.25, 0.3) is 0 Å². The van der Waals surface area contributed by atoms with Crippen molar-refractivity contribution in [3.05, 3.63) is 47.5 Å². The van der Waals surface area contributed by atoms with Crippen LogP contribution in [0, 0.1) is 6.92 Å². The number of benzene rings is 1. The molecule has 1 aromatic carbocycles. The summed E-state index contributed by atoms with van der Waals surface area (Å²) in [6.45, 7) is 6.64. The summed E-state index contributed by atoms with van der Waals surface area (Å²) in [6.07, 6.45) is 4.61. The van der Waals surface area contributed by atoms with E-state index in [1.165, 1.54) is 17.5 Å². The first-order valence-corrected chi connectivity index (χ1v) is 8.20. The maximum atomic E-state index is 4.66. The molecule has 0 unspecified atom stereocenters. The molecule has 0 aliphatic rings. The number of aromatic nitrogens is 3. The van der Waals surface area contributed by atoms with Crippen molar-refractivity contribution in [3.8, 4) is 0 Å². The van der Waals surface area contributed by atoms with Gasteiger partial charge in [-0.3, -0.25) is 5.10 Å². The van der Waals surface area contributed by atoms with Crippen molar-refractivity contribution in [2.75, 3.05) is 13.1 Å². The molecule has 2 rings (SSSR count). The van der Waals surface area contributed by atoms with Crippen molar-refractivity contribution in [2.24, 2.45) is 4.99 Å². The highest BCUT2D eigenvalue weighted by atomic mass is 15.2. The fourth-order valence-electron chi connectivity index (χ4n) is 2.07. The first-order valence-electron chi connectivity index (χ1n) is 8.20. The molecule has 6 nitrogen and oxygen atoms in total. The van der Waals surface area contributed by atoms with Crippen molar-refractivity contribution in [3.63, 3.8) is 0 Å². The van der Waals surface area contributed by atoms with Gasteiger partial charge in [-0.2, -0.15) is 5.10 Å². The second kappa shape index (κ2) is 9.61. The summed E-state index contributed by atoms with van der Waals surface area (Å²) in [6, 6.07) is 8.48. The third-order valence-electron chi connectivity index (χ3n) is 3.48. The lowest BCUT2D eigenvalue weighted by Gasteiger charge is -2.12. The molecule has 0 amide bonds. The Hall–Kier alpha value is -2.37. The monoisotopic (exact) mass is 314 g/mol. The van der Waals surface area contributed by atoms with Crippen LogP contribution >= 0.6 is 0 Å². The third kappa shape index (κ3) is 6.50. The Morgan fingerprint density at radius 2 is 1.96 bits per heavy atom. The van der Waals surface area contributed by atoms with Crippen molar-refractivity contribution in [1.29, 1.82) is 0 Å². The summed E-state index contributed by atoms with van der Waals surface area (Å²) in [7, 11) is 0. The number of aliphatic imine (C=N–C) groups is 1. The average Bonchev–Trinajstić information content (AvgIpc) is 3.07. The van der Waals surface area contributed by atoms with E-state index in [1.54, 1.807) is 0 Å². The smallest absolute Gasteiger partial charge is 0.191 e. The van der Waals surface area contributed by atoms with Crippen LogP contribution in [0.5, 0.6) is 0 Å². The summed E-state index contributed by atoms with van der Waals surface area (Å²) in [5, 5.41) is 13.4. The van der Waals surface area contributed by atoms with Crippen LogP contribution in [0.4, 0.5) is 0 Å². The van der Waals surface area contributed by atoms with Crippen LogP contribution in [0.2, 0.25) is 0 Å². The summed E-state index contributed by atoms with van der Waals surface area (Å²) >= 11 is 0. The molecule has 0 fully saturated rings. The normalized spacial score (nSPS) is 11.5. The summed E-state index contributed by atoms with van der Waals surface area (Å²) in [5.74, 6) is 1.72. The number of H-pyrrole nitrogens is 1. The topological polar surface area (TPSA) is 78.0 Å². The average molecular weight is 314 g/mol. The van der Waals surface area contributed by atoms with E-state index in [0.29, 0.717) is 6.54 Å². The Morgan fingerprint density at radius 1 is 1.17 bits per heavy atom. The Balaban J connectivity index is 1.86. The van der Waals surface area contributed by atoms with Crippen LogP contribution in [0.1, 0.15) is 36.7 Å². The molecule has 1 heterocycles. The van der Waals surface area contributed by atoms with Crippen LogP contribution in [-0.2, 0) is 13.0 Å². The van der Waals surface area contributed by atoms with E-state index in [0.717, 1.165) is 44.1 Å². The number of aromatic amines is 1. The molecule has 0 radical (unpaired) electrons. The Bertz CT molecular complexity index is 574. The molecule has 0 saturated heterocycles. The molecule has 3 N–H and O–H groups in total. The zero-order chi connectivity index (χ0) is 16.3. The summed E-state index contributed by atoms with van der Waals surface area (Å²) in [4.78, 5) is 8.79. The van der Waals surface area contributed by atoms with E-state index >= 15 is 0 Å². The fourth-order valence-corrected chi connectivity index (χ4v) is 2.07. The van der Waals surface area contributed by atoms with E-state index in [1.807, 2.05) is 0 Å². The molecule has 0 aliphatic heterocycles. The minimum Gasteiger partial charge on any atom is -0.356 e. The van der Waals surface area contributed by atoms with E-state index in [2.05, 4.69) is 68.9 Å². The molecule has 124 valence electrons. The predicted octanol–water partition coefficient (Wildman–Crippen LogP) is 2.19. The number of nitrogens with one attached hydrogen (secondary N) is 3. The van der Waals surface area contributed by atoms with Gasteiger partial charge in [0.15, 0.2) is 5.96 Å². The quantitative estimate of drug-likeness (QED) is 0.396. The van der Waals surface area contributed by atoms with E-state index in [4.69, 9.17) is 0 Å². The minimum absolute atomic E-state index is 0.671. The van der Waals surface area contributed by atoms with E-state index < -0.39 is 0 Å². The molecule has 2 aromatic rings. The van der Waals surface area contributed by atoms with Gasteiger partial charge < -0.3 is 10.6 Å². The minimum atomic E-state index is 0.671. The molecule has 0 saturated carbocycles. The van der Waals surface area contributed by atoms with Crippen LogP contribution < -0.4 is 10.6 Å². The Morgan fingerprint density at radius 3 is 2.65 bits per heavy atom. The first kappa shape index (κ1) is 17.0. The lowest BCUT2D eigenvalue weighted by atomic mass is 10.1. The number of hydrogen-bond donors (Lipinski definition) is 3. The standard InChI is InChI=1S/C17H26N6/c1-3-4-10-18-17(19-11-9-16-21-13-22-23-16)20-12-15-7-5-14(2)6-8-15/h5-8,13H,3-4,9-12H2,1-2H3,(H2,18,19,20)(H,21,22,23). The lowest BCUT2D eigenvalue weighted by molar-refractivity contribution is 0.717. The van der Waals surface area contributed by atoms with Crippen molar-refractivity contribution in [2.45, 2.75) is 39.7 Å². The van der Waals surface area contributed by atoms with Gasteiger partial charge in [0.1, 0.15) is 12.2 Å². The largest absolute Gasteiger partial charge is 0.356 e. The fraction of sp³-hybridized carbons (Fsp3) is 0.471. The lowest BCUT2D eigenvalue weighted by Crippen LogP contribution is -2.39. The van der Waals surface area contributed by atoms with Gasteiger partial charge in [0.2, 0.25) is 0 Å². The van der Waals surface area contributed by atoms with Gasteiger partial charge in [-0.15, -0.1) is 0 Å². The number of hydrogen-bond acceptors (Lipinski definition) is 3. The van der Waals surface area contributed by atoms with Gasteiger partial charge in [0, 0.05) is 19.5 Å². The Kier molecular flexibility index (Phi) is 7.10. The zero-order valence-electron chi connectivity index (χ0n) is 14.0. The molecular formula is C17H26N6. The van der Waals surface area contributed by atoms with Crippen molar-refractivity contribution < 1.29 is 0 Å². The number of aryl methyl sites for hydroxylation is 1. The van der Waals surface area contributed by atoms with Crippen molar-refractivity contribution in [1.82, 2.24) is 25.8 Å². The number of rotatable bonds is 8. The van der Waals surface area contributed by atoms with Gasteiger partial charge in [-0.25, -0.2) is 9.98 Å². The van der Waals surface area contributed by atoms with Gasteiger partial charge in [-0.1, -0.05) is 43.2 Å². The summed E-state index contributed by atoms with van der Waals surface area (Å²) < 4.78 is 0. The van der Waals surface area contributed by atoms with Gasteiger partial charge in [0.05, 0.1) is 6.54 Å². The highest BCUT2D eigenvalue weighted by molar-refractivity contribution is 5.79. The second-order valence-electron chi connectivity index (χ2n) is 5.54. The van der Waals surface area contributed by atoms with Crippen LogP contribution in [0.15, 0.2) is 35.6 Å². The summed E-state index contributed by atoms with van der Waals surface area (Å²) in [5.41, 5.74) is 2.48. The van der Waals surface area contributed by atoms with Gasteiger partial charge in [-0.05, 0) is 18.9 Å². The SMILES string of the molecule is CCCCNC(=NCc1ccc(C)cc1)NCCc1ncn[nH]1. The number of nitrogens with zero attached hydrogens (tertiary/aromatic N) is 3. The highest BCUT2D eigenvalue weighted by Gasteiger charge is 2.00. The zero-order valence-corrected chi connectivity index (χ0v) is 14.0. The van der Waals surface area contributed by atoms with E-state index in [9.17, 15) is 0 Å². The van der Waals surface area contributed by atoms with Crippen LogP contribution in [0.3, 0.4) is 0 Å². The molecule has 23 heavy (non-hydrogen) atoms. The molecule has 0 bridgehead atoms. The first-order chi connectivity index (χ1) is 11.3. The molecule has 6 heteroatoms. The second-order valence-corrected chi connectivity index (χ2v) is 5.54. The van der Waals surface area contributed by atoms with Gasteiger partial charge >= 0.3 is 0 Å². The predicted molar refractivity (Wildman–Crippen MR) is 93.3 cm³/mol. The molecule has 1 aromatic heterocycles.